The largest absolute Gasteiger partial charge is 0.486 e. The van der Waals surface area contributed by atoms with E-state index in [4.69, 9.17) is 14.6 Å². The van der Waals surface area contributed by atoms with Gasteiger partial charge in [0.1, 0.15) is 24.4 Å². The third-order valence-electron chi connectivity index (χ3n) is 7.16. The zero-order valence-electron chi connectivity index (χ0n) is 20.0. The lowest BCUT2D eigenvalue weighted by Crippen LogP contribution is -2.49. The van der Waals surface area contributed by atoms with Crippen molar-refractivity contribution >= 4 is 18.2 Å². The average Bonchev–Trinajstić information content (AvgIpc) is 3.43. The van der Waals surface area contributed by atoms with E-state index in [1.54, 1.807) is 4.68 Å². The van der Waals surface area contributed by atoms with Crippen molar-refractivity contribution < 1.29 is 19.1 Å². The first kappa shape index (κ1) is 22.3. The maximum absolute atomic E-state index is 13.2. The van der Waals surface area contributed by atoms with Gasteiger partial charge in [-0.1, -0.05) is 25.1 Å². The van der Waals surface area contributed by atoms with E-state index in [2.05, 4.69) is 17.3 Å². The number of benzene rings is 2. The summed E-state index contributed by atoms with van der Waals surface area (Å²) in [7, 11) is 0. The van der Waals surface area contributed by atoms with Gasteiger partial charge in [-0.3, -0.25) is 4.79 Å². The predicted molar refractivity (Wildman–Crippen MR) is 133 cm³/mol. The number of amides is 3. The smallest absolute Gasteiger partial charge is 0.346 e. The number of ether oxygens (including phenoxy) is 2. The lowest BCUT2D eigenvalue weighted by Gasteiger charge is -2.33. The number of para-hydroxylation sites is 1. The molecule has 36 heavy (non-hydrogen) atoms. The van der Waals surface area contributed by atoms with E-state index in [1.807, 2.05) is 54.7 Å². The van der Waals surface area contributed by atoms with Crippen molar-refractivity contribution in [2.45, 2.75) is 38.1 Å². The van der Waals surface area contributed by atoms with E-state index in [1.165, 1.54) is 6.21 Å². The van der Waals surface area contributed by atoms with Crippen LogP contribution in [0.1, 0.15) is 38.2 Å². The van der Waals surface area contributed by atoms with Crippen LogP contribution in [0.25, 0.3) is 16.9 Å². The molecule has 2 fully saturated rings. The fraction of sp³-hybridized carbons (Fsp3) is 0.333. The molecule has 0 atom stereocenters. The Morgan fingerprint density at radius 3 is 2.58 bits per heavy atom. The molecule has 1 spiro atoms. The summed E-state index contributed by atoms with van der Waals surface area (Å²) >= 11 is 0. The molecule has 184 valence electrons. The summed E-state index contributed by atoms with van der Waals surface area (Å²) in [6.07, 6.45) is 6.45. The standard InChI is InChI=1S/C27H27N5O4/c1-18-9-11-27(12-10-18)25(33)32(26(34)29-27)28-16-20-17-31(21-5-3-2-4-6-21)30-24(20)19-7-8-22-23(15-19)36-14-13-35-22/h2-8,15-18H,9-14H2,1H3,(H,29,34)/b28-16-. The Kier molecular flexibility index (Phi) is 5.47. The van der Waals surface area contributed by atoms with Gasteiger partial charge in [0.05, 0.1) is 11.9 Å². The number of carbonyl (C=O) groups is 2. The molecule has 6 rings (SSSR count). The quantitative estimate of drug-likeness (QED) is 0.442. The molecule has 1 saturated heterocycles. The maximum Gasteiger partial charge on any atom is 0.346 e. The van der Waals surface area contributed by atoms with Gasteiger partial charge in [-0.05, 0) is 61.9 Å². The highest BCUT2D eigenvalue weighted by Crippen LogP contribution is 2.37. The van der Waals surface area contributed by atoms with E-state index in [9.17, 15) is 9.59 Å². The lowest BCUT2D eigenvalue weighted by atomic mass is 9.77. The van der Waals surface area contributed by atoms with Gasteiger partial charge in [0.2, 0.25) is 0 Å². The van der Waals surface area contributed by atoms with Crippen LogP contribution in [0.5, 0.6) is 11.5 Å². The number of urea groups is 1. The maximum atomic E-state index is 13.2. The second kappa shape index (κ2) is 8.82. The highest BCUT2D eigenvalue weighted by molar-refractivity contribution is 6.07. The van der Waals surface area contributed by atoms with Crippen LogP contribution in [-0.2, 0) is 4.79 Å². The van der Waals surface area contributed by atoms with Gasteiger partial charge in [-0.25, -0.2) is 9.48 Å². The molecule has 1 N–H and O–H groups in total. The number of hydrogen-bond acceptors (Lipinski definition) is 6. The Morgan fingerprint density at radius 1 is 1.06 bits per heavy atom. The van der Waals surface area contributed by atoms with Crippen molar-refractivity contribution in [1.82, 2.24) is 20.1 Å². The van der Waals surface area contributed by atoms with Crippen LogP contribution < -0.4 is 14.8 Å². The van der Waals surface area contributed by atoms with E-state index in [-0.39, 0.29) is 5.91 Å². The number of hydrogen-bond donors (Lipinski definition) is 1. The summed E-state index contributed by atoms with van der Waals surface area (Å²) in [5.74, 6) is 1.61. The predicted octanol–water partition coefficient (Wildman–Crippen LogP) is 4.15. The topological polar surface area (TPSA) is 98.1 Å². The molecule has 3 aliphatic rings. The SMILES string of the molecule is CC1CCC2(CC1)NC(=O)N(/N=C\c1cn(-c3ccccc3)nc1-c1ccc3c(c1)OCCO3)C2=O. The minimum Gasteiger partial charge on any atom is -0.486 e. The highest BCUT2D eigenvalue weighted by Gasteiger charge is 2.52. The number of rotatable bonds is 4. The summed E-state index contributed by atoms with van der Waals surface area (Å²) in [6.45, 7) is 3.17. The number of nitrogens with zero attached hydrogens (tertiary/aromatic N) is 4. The van der Waals surface area contributed by atoms with Crippen molar-refractivity contribution in [2.75, 3.05) is 13.2 Å². The summed E-state index contributed by atoms with van der Waals surface area (Å²) in [6, 6.07) is 14.9. The van der Waals surface area contributed by atoms with Crippen LogP contribution >= 0.6 is 0 Å². The van der Waals surface area contributed by atoms with Crippen LogP contribution in [0.15, 0.2) is 59.8 Å². The summed E-state index contributed by atoms with van der Waals surface area (Å²) in [5.41, 5.74) is 2.15. The van der Waals surface area contributed by atoms with E-state index in [0.717, 1.165) is 29.1 Å². The molecule has 0 unspecified atom stereocenters. The molecular weight excluding hydrogens is 458 g/mol. The minimum atomic E-state index is -0.839. The molecule has 3 amide bonds. The van der Waals surface area contributed by atoms with Gasteiger partial charge in [0.15, 0.2) is 11.5 Å². The highest BCUT2D eigenvalue weighted by atomic mass is 16.6. The van der Waals surface area contributed by atoms with Crippen molar-refractivity contribution in [2.24, 2.45) is 11.0 Å². The second-order valence-corrected chi connectivity index (χ2v) is 9.63. The first-order chi connectivity index (χ1) is 17.5. The third-order valence-corrected chi connectivity index (χ3v) is 7.16. The number of carbonyl (C=O) groups excluding carboxylic acids is 2. The Hall–Kier alpha value is -4.14. The van der Waals surface area contributed by atoms with Crippen LogP contribution in [-0.4, -0.2) is 51.7 Å². The number of nitrogens with one attached hydrogen (secondary N) is 1. The molecule has 3 aromatic rings. The lowest BCUT2D eigenvalue weighted by molar-refractivity contribution is -0.132. The molecule has 1 aromatic heterocycles. The molecule has 9 heteroatoms. The van der Waals surface area contributed by atoms with Crippen molar-refractivity contribution in [1.29, 1.82) is 0 Å². The molecule has 9 nitrogen and oxygen atoms in total. The van der Waals surface area contributed by atoms with Crippen molar-refractivity contribution in [3.05, 3.63) is 60.3 Å². The Labute approximate surface area is 208 Å². The van der Waals surface area contributed by atoms with Crippen LogP contribution in [0.4, 0.5) is 4.79 Å². The van der Waals surface area contributed by atoms with Gasteiger partial charge in [0.25, 0.3) is 5.91 Å². The third kappa shape index (κ3) is 3.90. The monoisotopic (exact) mass is 485 g/mol. The Bertz CT molecular complexity index is 1340. The molecule has 0 bridgehead atoms. The fourth-order valence-corrected chi connectivity index (χ4v) is 5.03. The molecule has 0 radical (unpaired) electrons. The zero-order valence-corrected chi connectivity index (χ0v) is 20.0. The molecule has 1 aliphatic carbocycles. The van der Waals surface area contributed by atoms with Gasteiger partial charge in [-0.2, -0.15) is 10.2 Å². The first-order valence-corrected chi connectivity index (χ1v) is 12.3. The average molecular weight is 486 g/mol. The fourth-order valence-electron chi connectivity index (χ4n) is 5.03. The van der Waals surface area contributed by atoms with E-state index >= 15 is 0 Å². The normalized spacial score (nSPS) is 23.5. The summed E-state index contributed by atoms with van der Waals surface area (Å²) in [5, 5.41) is 13.0. The second-order valence-electron chi connectivity index (χ2n) is 9.63. The molecule has 2 aromatic carbocycles. The molecule has 1 saturated carbocycles. The van der Waals surface area contributed by atoms with Crippen LogP contribution in [0.3, 0.4) is 0 Å². The molecule has 2 aliphatic heterocycles. The van der Waals surface area contributed by atoms with E-state index < -0.39 is 11.6 Å². The summed E-state index contributed by atoms with van der Waals surface area (Å²) < 4.78 is 13.2. The summed E-state index contributed by atoms with van der Waals surface area (Å²) in [4.78, 5) is 26.0. The van der Waals surface area contributed by atoms with Crippen LogP contribution in [0, 0.1) is 5.92 Å². The van der Waals surface area contributed by atoms with Gasteiger partial charge < -0.3 is 14.8 Å². The minimum absolute atomic E-state index is 0.285. The van der Waals surface area contributed by atoms with E-state index in [0.29, 0.717) is 54.7 Å². The first-order valence-electron chi connectivity index (χ1n) is 12.3. The molecular formula is C27H27N5O4. The van der Waals surface area contributed by atoms with Crippen molar-refractivity contribution in [3.63, 3.8) is 0 Å². The Morgan fingerprint density at radius 2 is 1.81 bits per heavy atom. The van der Waals surface area contributed by atoms with Crippen LogP contribution in [0.2, 0.25) is 0 Å². The van der Waals surface area contributed by atoms with Gasteiger partial charge in [-0.15, -0.1) is 5.01 Å². The molecule has 3 heterocycles. The van der Waals surface area contributed by atoms with Gasteiger partial charge in [0, 0.05) is 17.3 Å². The number of aromatic nitrogens is 2. The van der Waals surface area contributed by atoms with Gasteiger partial charge >= 0.3 is 6.03 Å². The Balaban J connectivity index is 1.35. The number of hydrazone groups is 1. The number of imide groups is 1. The number of fused-ring (bicyclic) bond motifs is 1. The van der Waals surface area contributed by atoms with Crippen molar-refractivity contribution in [3.8, 4) is 28.4 Å². The zero-order chi connectivity index (χ0) is 24.7.